The zero-order valence-corrected chi connectivity index (χ0v) is 14.1. The lowest BCUT2D eigenvalue weighted by Gasteiger charge is -2.08. The normalized spacial score (nSPS) is 10.6. The van der Waals surface area contributed by atoms with Crippen LogP contribution in [0.1, 0.15) is 10.4 Å². The number of benzene rings is 2. The van der Waals surface area contributed by atoms with Crippen LogP contribution in [0.25, 0.3) is 0 Å². The molecule has 0 aliphatic heterocycles. The number of allylic oxidation sites excluding steroid dienone is 1. The number of carbonyl (C=O) groups is 1. The maximum absolute atomic E-state index is 12.2. The van der Waals surface area contributed by atoms with Crippen molar-refractivity contribution in [1.82, 2.24) is 0 Å². The van der Waals surface area contributed by atoms with Crippen LogP contribution < -0.4 is 14.8 Å². The van der Waals surface area contributed by atoms with E-state index in [1.54, 1.807) is 43.5 Å². The Balaban J connectivity index is 2.09. The fourth-order valence-corrected chi connectivity index (χ4v) is 2.46. The number of rotatable bonds is 6. The number of ketones is 1. The van der Waals surface area contributed by atoms with Gasteiger partial charge in [-0.15, -0.1) is 0 Å². The summed E-state index contributed by atoms with van der Waals surface area (Å²) < 4.78 is 10.3. The Labute approximate surface area is 144 Å². The largest absolute Gasteiger partial charge is 0.493 e. The van der Waals surface area contributed by atoms with Gasteiger partial charge >= 0.3 is 0 Å². The minimum absolute atomic E-state index is 0.174. The fourth-order valence-electron chi connectivity index (χ4n) is 1.94. The van der Waals surface area contributed by atoms with E-state index in [4.69, 9.17) is 32.7 Å². The molecule has 0 aliphatic carbocycles. The van der Waals surface area contributed by atoms with Gasteiger partial charge < -0.3 is 14.8 Å². The molecule has 0 fully saturated rings. The lowest BCUT2D eigenvalue weighted by atomic mass is 10.1. The Bertz CT molecular complexity index is 724. The van der Waals surface area contributed by atoms with Gasteiger partial charge in [0.1, 0.15) is 0 Å². The Morgan fingerprint density at radius 1 is 1.00 bits per heavy atom. The summed E-state index contributed by atoms with van der Waals surface area (Å²) in [6.07, 6.45) is 2.94. The highest BCUT2D eigenvalue weighted by Crippen LogP contribution is 2.28. The lowest BCUT2D eigenvalue weighted by Crippen LogP contribution is -1.98. The number of anilines is 1. The van der Waals surface area contributed by atoms with E-state index in [0.717, 1.165) is 0 Å². The predicted molar refractivity (Wildman–Crippen MR) is 93.1 cm³/mol. The molecule has 6 heteroatoms. The summed E-state index contributed by atoms with van der Waals surface area (Å²) in [4.78, 5) is 12.2. The monoisotopic (exact) mass is 351 g/mol. The number of hydrogen-bond acceptors (Lipinski definition) is 4. The Morgan fingerprint density at radius 3 is 2.26 bits per heavy atom. The van der Waals surface area contributed by atoms with Gasteiger partial charge in [0, 0.05) is 33.6 Å². The summed E-state index contributed by atoms with van der Waals surface area (Å²) in [5.41, 5.74) is 1.18. The molecule has 0 saturated carbocycles. The molecule has 0 heterocycles. The highest BCUT2D eigenvalue weighted by atomic mass is 35.5. The van der Waals surface area contributed by atoms with Gasteiger partial charge in [0.15, 0.2) is 17.3 Å². The van der Waals surface area contributed by atoms with Gasteiger partial charge in [0.2, 0.25) is 0 Å². The van der Waals surface area contributed by atoms with Gasteiger partial charge in [-0.3, -0.25) is 4.79 Å². The molecule has 0 aliphatic rings. The molecule has 2 aromatic carbocycles. The molecule has 0 saturated heterocycles. The molecule has 0 aromatic heterocycles. The number of nitrogens with one attached hydrogen (secondary N) is 1. The molecular weight excluding hydrogens is 337 g/mol. The van der Waals surface area contributed by atoms with Crippen molar-refractivity contribution in [2.45, 2.75) is 0 Å². The summed E-state index contributed by atoms with van der Waals surface area (Å²) in [5.74, 6) is 0.896. The van der Waals surface area contributed by atoms with E-state index < -0.39 is 0 Å². The first kappa shape index (κ1) is 17.2. The molecule has 0 spiro atoms. The minimum atomic E-state index is -0.174. The van der Waals surface area contributed by atoms with Crippen molar-refractivity contribution in [3.63, 3.8) is 0 Å². The third-order valence-corrected chi connectivity index (χ3v) is 3.45. The Kier molecular flexibility index (Phi) is 5.90. The maximum atomic E-state index is 12.2. The van der Waals surface area contributed by atoms with E-state index in [2.05, 4.69) is 5.32 Å². The number of hydrogen-bond donors (Lipinski definition) is 1. The first-order valence-electron chi connectivity index (χ1n) is 6.69. The van der Waals surface area contributed by atoms with Crippen molar-refractivity contribution in [3.8, 4) is 11.5 Å². The van der Waals surface area contributed by atoms with E-state index in [1.807, 2.05) is 0 Å². The highest BCUT2D eigenvalue weighted by molar-refractivity contribution is 6.35. The first-order chi connectivity index (χ1) is 11.0. The SMILES string of the molecule is COc1ccc(C(=O)C=CNc2cc(Cl)cc(Cl)c2)cc1OC. The lowest BCUT2D eigenvalue weighted by molar-refractivity contribution is 0.104. The van der Waals surface area contributed by atoms with E-state index in [1.165, 1.54) is 19.4 Å². The fraction of sp³-hybridized carbons (Fsp3) is 0.118. The van der Waals surface area contributed by atoms with Crippen LogP contribution >= 0.6 is 23.2 Å². The van der Waals surface area contributed by atoms with Gasteiger partial charge in [0.05, 0.1) is 14.2 Å². The van der Waals surface area contributed by atoms with Gasteiger partial charge in [0.25, 0.3) is 0 Å². The summed E-state index contributed by atoms with van der Waals surface area (Å²) in [5, 5.41) is 3.98. The van der Waals surface area contributed by atoms with Crippen LogP contribution in [-0.4, -0.2) is 20.0 Å². The Morgan fingerprint density at radius 2 is 1.65 bits per heavy atom. The van der Waals surface area contributed by atoms with Crippen molar-refractivity contribution < 1.29 is 14.3 Å². The van der Waals surface area contributed by atoms with Crippen molar-refractivity contribution in [2.75, 3.05) is 19.5 Å². The average Bonchev–Trinajstić information content (AvgIpc) is 2.53. The second kappa shape index (κ2) is 7.90. The van der Waals surface area contributed by atoms with Crippen molar-refractivity contribution in [2.24, 2.45) is 0 Å². The molecular formula is C17H15Cl2NO3. The molecule has 0 unspecified atom stereocenters. The summed E-state index contributed by atoms with van der Waals surface area (Å²) in [7, 11) is 3.06. The smallest absolute Gasteiger partial charge is 0.187 e. The molecule has 0 atom stereocenters. The van der Waals surface area contributed by atoms with Crippen LogP contribution in [0.3, 0.4) is 0 Å². The molecule has 1 N–H and O–H groups in total. The first-order valence-corrected chi connectivity index (χ1v) is 7.44. The van der Waals surface area contributed by atoms with E-state index >= 15 is 0 Å². The van der Waals surface area contributed by atoms with E-state index in [0.29, 0.717) is 32.8 Å². The topological polar surface area (TPSA) is 47.6 Å². The molecule has 23 heavy (non-hydrogen) atoms. The molecule has 0 amide bonds. The maximum Gasteiger partial charge on any atom is 0.187 e. The summed E-state index contributed by atoms with van der Waals surface area (Å²) >= 11 is 11.8. The highest BCUT2D eigenvalue weighted by Gasteiger charge is 2.08. The van der Waals surface area contributed by atoms with Gasteiger partial charge in [-0.25, -0.2) is 0 Å². The average molecular weight is 352 g/mol. The Hall–Kier alpha value is -2.17. The van der Waals surface area contributed by atoms with E-state index in [-0.39, 0.29) is 5.78 Å². The van der Waals surface area contributed by atoms with Crippen LogP contribution in [0.15, 0.2) is 48.7 Å². The molecule has 2 rings (SSSR count). The van der Waals surface area contributed by atoms with Crippen molar-refractivity contribution in [3.05, 3.63) is 64.3 Å². The molecule has 4 nitrogen and oxygen atoms in total. The summed E-state index contributed by atoms with van der Waals surface area (Å²) in [6.45, 7) is 0. The van der Waals surface area contributed by atoms with Crippen LogP contribution in [0.4, 0.5) is 5.69 Å². The third kappa shape index (κ3) is 4.65. The van der Waals surface area contributed by atoms with Crippen LogP contribution in [-0.2, 0) is 0 Å². The van der Waals surface area contributed by atoms with E-state index in [9.17, 15) is 4.79 Å². The van der Waals surface area contributed by atoms with Gasteiger partial charge in [-0.05, 0) is 36.4 Å². The number of methoxy groups -OCH3 is 2. The molecule has 0 bridgehead atoms. The van der Waals surface area contributed by atoms with Crippen LogP contribution in [0.5, 0.6) is 11.5 Å². The van der Waals surface area contributed by atoms with Crippen molar-refractivity contribution >= 4 is 34.7 Å². The van der Waals surface area contributed by atoms with Gasteiger partial charge in [-0.2, -0.15) is 0 Å². The number of halogens is 2. The molecule has 0 radical (unpaired) electrons. The van der Waals surface area contributed by atoms with Crippen LogP contribution in [0, 0.1) is 0 Å². The summed E-state index contributed by atoms with van der Waals surface area (Å²) in [6, 6.07) is 10.0. The second-order valence-corrected chi connectivity index (χ2v) is 5.44. The molecule has 120 valence electrons. The third-order valence-electron chi connectivity index (χ3n) is 3.02. The quantitative estimate of drug-likeness (QED) is 0.598. The number of carbonyl (C=O) groups excluding carboxylic acids is 1. The molecule has 2 aromatic rings. The standard InChI is InChI=1S/C17H15Cl2NO3/c1-22-16-4-3-11(7-17(16)23-2)15(21)5-6-20-14-9-12(18)8-13(19)10-14/h3-10,20H,1-2H3. The predicted octanol–water partition coefficient (Wildman–Crippen LogP) is 4.82. The van der Waals surface area contributed by atoms with Crippen molar-refractivity contribution in [1.29, 1.82) is 0 Å². The second-order valence-electron chi connectivity index (χ2n) is 4.57. The zero-order chi connectivity index (χ0) is 16.8. The van der Waals surface area contributed by atoms with Gasteiger partial charge in [-0.1, -0.05) is 23.2 Å². The minimum Gasteiger partial charge on any atom is -0.493 e. The number of ether oxygens (including phenoxy) is 2. The van der Waals surface area contributed by atoms with Crippen LogP contribution in [0.2, 0.25) is 10.0 Å². The zero-order valence-electron chi connectivity index (χ0n) is 12.6.